The van der Waals surface area contributed by atoms with Gasteiger partial charge in [0.05, 0.1) is 5.52 Å². The molecular weight excluding hydrogens is 224 g/mol. The van der Waals surface area contributed by atoms with Gasteiger partial charge < -0.3 is 10.1 Å². The molecule has 3 nitrogen and oxygen atoms in total. The standard InChI is InChI=1S/C15H20N2O/c1-18-12-6-2-5-10-16-15-9-11-17-14-8-4-3-7-13(14)15/h3-4,7-9,11H,2,5-6,10,12H2,1H3,(H,16,17). The number of aromatic nitrogens is 1. The van der Waals surface area contributed by atoms with Crippen LogP contribution in [0.5, 0.6) is 0 Å². The number of ether oxygens (including phenoxy) is 1. The van der Waals surface area contributed by atoms with Crippen molar-refractivity contribution in [1.29, 1.82) is 0 Å². The highest BCUT2D eigenvalue weighted by atomic mass is 16.5. The molecule has 0 atom stereocenters. The molecule has 0 fully saturated rings. The summed E-state index contributed by atoms with van der Waals surface area (Å²) in [4.78, 5) is 4.35. The van der Waals surface area contributed by atoms with Gasteiger partial charge in [-0.2, -0.15) is 0 Å². The predicted octanol–water partition coefficient (Wildman–Crippen LogP) is 3.46. The minimum atomic E-state index is 0.859. The second-order valence-electron chi connectivity index (χ2n) is 4.36. The number of pyridine rings is 1. The average molecular weight is 244 g/mol. The number of fused-ring (bicyclic) bond motifs is 1. The van der Waals surface area contributed by atoms with Gasteiger partial charge >= 0.3 is 0 Å². The van der Waals surface area contributed by atoms with E-state index < -0.39 is 0 Å². The van der Waals surface area contributed by atoms with Crippen LogP contribution >= 0.6 is 0 Å². The summed E-state index contributed by atoms with van der Waals surface area (Å²) in [7, 11) is 1.75. The molecule has 2 aromatic rings. The monoisotopic (exact) mass is 244 g/mol. The molecule has 96 valence electrons. The molecule has 0 saturated carbocycles. The number of nitrogens with one attached hydrogen (secondary N) is 1. The zero-order chi connectivity index (χ0) is 12.6. The topological polar surface area (TPSA) is 34.1 Å². The summed E-state index contributed by atoms with van der Waals surface area (Å²) in [5.74, 6) is 0. The van der Waals surface area contributed by atoms with E-state index in [2.05, 4.69) is 16.4 Å². The summed E-state index contributed by atoms with van der Waals surface area (Å²) in [5.41, 5.74) is 2.22. The summed E-state index contributed by atoms with van der Waals surface area (Å²) >= 11 is 0. The predicted molar refractivity (Wildman–Crippen MR) is 76.0 cm³/mol. The molecule has 1 aromatic heterocycles. The minimum Gasteiger partial charge on any atom is -0.385 e. The first-order chi connectivity index (χ1) is 8.92. The van der Waals surface area contributed by atoms with E-state index in [4.69, 9.17) is 4.74 Å². The van der Waals surface area contributed by atoms with Crippen molar-refractivity contribution in [3.8, 4) is 0 Å². The third kappa shape index (κ3) is 3.44. The Balaban J connectivity index is 1.88. The normalized spacial score (nSPS) is 10.7. The van der Waals surface area contributed by atoms with Crippen LogP contribution in [0.4, 0.5) is 5.69 Å². The lowest BCUT2D eigenvalue weighted by Crippen LogP contribution is -2.02. The summed E-state index contributed by atoms with van der Waals surface area (Å²) < 4.78 is 5.04. The SMILES string of the molecule is COCCCCCNc1ccnc2ccccc12. The van der Waals surface area contributed by atoms with Gasteiger partial charge in [0, 0.05) is 37.5 Å². The maximum atomic E-state index is 5.04. The van der Waals surface area contributed by atoms with Gasteiger partial charge in [-0.1, -0.05) is 18.2 Å². The van der Waals surface area contributed by atoms with E-state index in [1.54, 1.807) is 7.11 Å². The Bertz CT molecular complexity index is 479. The van der Waals surface area contributed by atoms with Crippen LogP contribution in [0.15, 0.2) is 36.5 Å². The molecule has 18 heavy (non-hydrogen) atoms. The van der Waals surface area contributed by atoms with Crippen LogP contribution in [0.25, 0.3) is 10.9 Å². The minimum absolute atomic E-state index is 0.859. The lowest BCUT2D eigenvalue weighted by atomic mass is 10.2. The quantitative estimate of drug-likeness (QED) is 0.757. The number of para-hydroxylation sites is 1. The molecule has 2 rings (SSSR count). The fourth-order valence-electron chi connectivity index (χ4n) is 2.02. The van der Waals surface area contributed by atoms with Gasteiger partial charge in [-0.05, 0) is 31.4 Å². The second-order valence-corrected chi connectivity index (χ2v) is 4.36. The zero-order valence-corrected chi connectivity index (χ0v) is 10.9. The van der Waals surface area contributed by atoms with E-state index >= 15 is 0 Å². The summed E-state index contributed by atoms with van der Waals surface area (Å²) in [6, 6.07) is 10.3. The van der Waals surface area contributed by atoms with E-state index in [1.807, 2.05) is 30.5 Å². The third-order valence-corrected chi connectivity index (χ3v) is 2.99. The van der Waals surface area contributed by atoms with Crippen molar-refractivity contribution < 1.29 is 4.74 Å². The molecule has 0 saturated heterocycles. The first kappa shape index (κ1) is 12.8. The van der Waals surface area contributed by atoms with Crippen LogP contribution in [-0.4, -0.2) is 25.2 Å². The summed E-state index contributed by atoms with van der Waals surface area (Å²) in [6.07, 6.45) is 5.36. The average Bonchev–Trinajstić information content (AvgIpc) is 2.43. The van der Waals surface area contributed by atoms with Crippen molar-refractivity contribution in [2.75, 3.05) is 25.6 Å². The summed E-state index contributed by atoms with van der Waals surface area (Å²) in [5, 5.41) is 4.68. The van der Waals surface area contributed by atoms with Crippen molar-refractivity contribution >= 4 is 16.6 Å². The first-order valence-electron chi connectivity index (χ1n) is 6.48. The number of anilines is 1. The van der Waals surface area contributed by atoms with Gasteiger partial charge in [-0.25, -0.2) is 0 Å². The number of benzene rings is 1. The molecule has 0 amide bonds. The lowest BCUT2D eigenvalue weighted by molar-refractivity contribution is 0.192. The maximum Gasteiger partial charge on any atom is 0.0722 e. The largest absolute Gasteiger partial charge is 0.385 e. The number of unbranched alkanes of at least 4 members (excludes halogenated alkanes) is 2. The number of rotatable bonds is 7. The van der Waals surface area contributed by atoms with E-state index in [9.17, 15) is 0 Å². The van der Waals surface area contributed by atoms with Crippen LogP contribution in [0.1, 0.15) is 19.3 Å². The van der Waals surface area contributed by atoms with Gasteiger partial charge in [-0.3, -0.25) is 4.98 Å². The molecule has 0 spiro atoms. The molecule has 3 heteroatoms. The number of methoxy groups -OCH3 is 1. The lowest BCUT2D eigenvalue weighted by Gasteiger charge is -2.09. The number of hydrogen-bond acceptors (Lipinski definition) is 3. The van der Waals surface area contributed by atoms with Crippen LogP contribution < -0.4 is 5.32 Å². The molecule has 0 unspecified atom stereocenters. The molecular formula is C15H20N2O. The van der Waals surface area contributed by atoms with E-state index in [0.717, 1.165) is 25.1 Å². The second kappa shape index (κ2) is 6.97. The Hall–Kier alpha value is -1.61. The van der Waals surface area contributed by atoms with Crippen molar-refractivity contribution in [2.24, 2.45) is 0 Å². The maximum absolute atomic E-state index is 5.04. The van der Waals surface area contributed by atoms with Gasteiger partial charge in [0.25, 0.3) is 0 Å². The highest BCUT2D eigenvalue weighted by Gasteiger charge is 1.99. The number of hydrogen-bond donors (Lipinski definition) is 1. The van der Waals surface area contributed by atoms with Crippen LogP contribution in [-0.2, 0) is 4.74 Å². The zero-order valence-electron chi connectivity index (χ0n) is 10.9. The molecule has 0 aliphatic carbocycles. The van der Waals surface area contributed by atoms with E-state index in [1.165, 1.54) is 23.9 Å². The van der Waals surface area contributed by atoms with E-state index in [0.29, 0.717) is 0 Å². The first-order valence-corrected chi connectivity index (χ1v) is 6.48. The Morgan fingerprint density at radius 2 is 2.00 bits per heavy atom. The Morgan fingerprint density at radius 1 is 1.11 bits per heavy atom. The van der Waals surface area contributed by atoms with Gasteiger partial charge in [0.2, 0.25) is 0 Å². The third-order valence-electron chi connectivity index (χ3n) is 2.99. The van der Waals surface area contributed by atoms with Crippen LogP contribution in [0.2, 0.25) is 0 Å². The Morgan fingerprint density at radius 3 is 2.89 bits per heavy atom. The van der Waals surface area contributed by atoms with Crippen LogP contribution in [0.3, 0.4) is 0 Å². The van der Waals surface area contributed by atoms with Gasteiger partial charge in [-0.15, -0.1) is 0 Å². The molecule has 0 aliphatic rings. The van der Waals surface area contributed by atoms with E-state index in [-0.39, 0.29) is 0 Å². The van der Waals surface area contributed by atoms with Crippen LogP contribution in [0, 0.1) is 0 Å². The van der Waals surface area contributed by atoms with Crippen molar-refractivity contribution in [1.82, 2.24) is 4.98 Å². The summed E-state index contributed by atoms with van der Waals surface area (Å²) in [6.45, 7) is 1.86. The smallest absolute Gasteiger partial charge is 0.0722 e. The van der Waals surface area contributed by atoms with Crippen molar-refractivity contribution in [3.05, 3.63) is 36.5 Å². The fourth-order valence-corrected chi connectivity index (χ4v) is 2.02. The molecule has 1 aromatic carbocycles. The molecule has 0 radical (unpaired) electrons. The molecule has 0 aliphatic heterocycles. The Kier molecular flexibility index (Phi) is 4.97. The fraction of sp³-hybridized carbons (Fsp3) is 0.400. The molecule has 0 bridgehead atoms. The van der Waals surface area contributed by atoms with Gasteiger partial charge in [0.15, 0.2) is 0 Å². The number of nitrogens with zero attached hydrogens (tertiary/aromatic N) is 1. The highest BCUT2D eigenvalue weighted by molar-refractivity contribution is 5.90. The molecule has 1 heterocycles. The molecule has 1 N–H and O–H groups in total. The van der Waals surface area contributed by atoms with Crippen molar-refractivity contribution in [2.45, 2.75) is 19.3 Å². The van der Waals surface area contributed by atoms with Crippen molar-refractivity contribution in [3.63, 3.8) is 0 Å². The Labute approximate surface area is 108 Å². The highest BCUT2D eigenvalue weighted by Crippen LogP contribution is 2.20. The van der Waals surface area contributed by atoms with Gasteiger partial charge in [0.1, 0.15) is 0 Å².